The van der Waals surface area contributed by atoms with E-state index in [0.29, 0.717) is 5.56 Å². The molecule has 1 N–H and O–H groups in total. The highest BCUT2D eigenvalue weighted by atomic mass is 16.5. The highest BCUT2D eigenvalue weighted by Gasteiger charge is 2.24. The van der Waals surface area contributed by atoms with Gasteiger partial charge in [0.15, 0.2) is 5.78 Å². The zero-order chi connectivity index (χ0) is 22.1. The van der Waals surface area contributed by atoms with Gasteiger partial charge in [0.05, 0.1) is 18.7 Å². The van der Waals surface area contributed by atoms with Crippen LogP contribution in [0.2, 0.25) is 0 Å². The quantitative estimate of drug-likeness (QED) is 0.439. The first kappa shape index (κ1) is 21.8. The van der Waals surface area contributed by atoms with Gasteiger partial charge in [-0.05, 0) is 23.3 Å². The molecule has 0 aromatic heterocycles. The number of methoxy groups -OCH3 is 1. The Labute approximate surface area is 180 Å². The SMILES string of the molecule is COC(=O)c1cccc(C(=O)C(Cc2ccccc2)NC(=O)OCc2ccccc2)c1. The van der Waals surface area contributed by atoms with Crippen LogP contribution in [0.25, 0.3) is 0 Å². The van der Waals surface area contributed by atoms with Gasteiger partial charge in [0.25, 0.3) is 0 Å². The Morgan fingerprint density at radius 1 is 0.806 bits per heavy atom. The number of hydrogen-bond donors (Lipinski definition) is 1. The number of rotatable bonds is 8. The van der Waals surface area contributed by atoms with Crippen LogP contribution in [0.4, 0.5) is 4.79 Å². The number of nitrogens with one attached hydrogen (secondary N) is 1. The van der Waals surface area contributed by atoms with E-state index in [0.717, 1.165) is 11.1 Å². The lowest BCUT2D eigenvalue weighted by molar-refractivity contribution is 0.0600. The van der Waals surface area contributed by atoms with Gasteiger partial charge in [-0.15, -0.1) is 0 Å². The summed E-state index contributed by atoms with van der Waals surface area (Å²) in [6, 6.07) is 24.0. The average molecular weight is 417 g/mol. The lowest BCUT2D eigenvalue weighted by atomic mass is 9.96. The number of ether oxygens (including phenoxy) is 2. The van der Waals surface area contributed by atoms with Gasteiger partial charge in [-0.1, -0.05) is 72.8 Å². The van der Waals surface area contributed by atoms with E-state index < -0.39 is 18.1 Å². The van der Waals surface area contributed by atoms with Crippen LogP contribution >= 0.6 is 0 Å². The van der Waals surface area contributed by atoms with Crippen LogP contribution in [0.5, 0.6) is 0 Å². The molecule has 1 atom stereocenters. The van der Waals surface area contributed by atoms with Gasteiger partial charge in [-0.2, -0.15) is 0 Å². The van der Waals surface area contributed by atoms with E-state index in [1.807, 2.05) is 60.7 Å². The Kier molecular flexibility index (Phi) is 7.54. The molecule has 0 aliphatic rings. The van der Waals surface area contributed by atoms with E-state index in [4.69, 9.17) is 9.47 Å². The Balaban J connectivity index is 1.76. The van der Waals surface area contributed by atoms with E-state index in [9.17, 15) is 14.4 Å². The molecule has 0 spiro atoms. The van der Waals surface area contributed by atoms with E-state index in [2.05, 4.69) is 5.32 Å². The molecule has 0 saturated heterocycles. The number of carbonyl (C=O) groups excluding carboxylic acids is 3. The summed E-state index contributed by atoms with van der Waals surface area (Å²) in [4.78, 5) is 37.4. The maximum atomic E-state index is 13.2. The Morgan fingerprint density at radius 3 is 2.06 bits per heavy atom. The Morgan fingerprint density at radius 2 is 1.42 bits per heavy atom. The summed E-state index contributed by atoms with van der Waals surface area (Å²) in [5.74, 6) is -0.865. The van der Waals surface area contributed by atoms with Gasteiger partial charge in [0.1, 0.15) is 6.61 Å². The summed E-state index contributed by atoms with van der Waals surface area (Å²) in [7, 11) is 1.28. The fourth-order valence-corrected chi connectivity index (χ4v) is 3.08. The van der Waals surface area contributed by atoms with Crippen LogP contribution in [-0.4, -0.2) is 31.0 Å². The second-order valence-corrected chi connectivity index (χ2v) is 6.89. The third-order valence-electron chi connectivity index (χ3n) is 4.67. The first-order valence-electron chi connectivity index (χ1n) is 9.80. The minimum absolute atomic E-state index is 0.0940. The molecular formula is C25H23NO5. The number of ketones is 1. The van der Waals surface area contributed by atoms with Crippen molar-refractivity contribution in [3.8, 4) is 0 Å². The van der Waals surface area contributed by atoms with Crippen LogP contribution in [0.3, 0.4) is 0 Å². The van der Waals surface area contributed by atoms with Crippen molar-refractivity contribution >= 4 is 17.8 Å². The minimum Gasteiger partial charge on any atom is -0.465 e. The van der Waals surface area contributed by atoms with Crippen molar-refractivity contribution in [1.29, 1.82) is 0 Å². The molecule has 0 fully saturated rings. The molecule has 0 aliphatic heterocycles. The standard InChI is InChI=1S/C25H23NO5/c1-30-24(28)21-14-8-13-20(16-21)23(27)22(15-18-9-4-2-5-10-18)26-25(29)31-17-19-11-6-3-7-12-19/h2-14,16,22H,15,17H2,1H3,(H,26,29). The first-order valence-corrected chi connectivity index (χ1v) is 9.80. The van der Waals surface area contributed by atoms with Gasteiger partial charge in [0.2, 0.25) is 0 Å². The lowest BCUT2D eigenvalue weighted by Crippen LogP contribution is -2.42. The molecule has 3 aromatic carbocycles. The molecule has 6 heteroatoms. The van der Waals surface area contributed by atoms with Gasteiger partial charge >= 0.3 is 12.1 Å². The van der Waals surface area contributed by atoms with E-state index in [1.165, 1.54) is 13.2 Å². The Hall–Kier alpha value is -3.93. The molecule has 0 saturated carbocycles. The van der Waals surface area contributed by atoms with Crippen molar-refractivity contribution in [3.05, 3.63) is 107 Å². The molecule has 1 amide bonds. The summed E-state index contributed by atoms with van der Waals surface area (Å²) in [5, 5.41) is 2.67. The fraction of sp³-hybridized carbons (Fsp3) is 0.160. The average Bonchev–Trinajstić information content (AvgIpc) is 2.82. The van der Waals surface area contributed by atoms with Crippen LogP contribution in [-0.2, 0) is 22.5 Å². The molecule has 158 valence electrons. The largest absolute Gasteiger partial charge is 0.465 e. The molecule has 0 aliphatic carbocycles. The van der Waals surface area contributed by atoms with Crippen LogP contribution in [0.1, 0.15) is 31.8 Å². The van der Waals surface area contributed by atoms with Crippen molar-refractivity contribution in [1.82, 2.24) is 5.32 Å². The summed E-state index contributed by atoms with van der Waals surface area (Å²) >= 11 is 0. The summed E-state index contributed by atoms with van der Waals surface area (Å²) in [5.41, 5.74) is 2.29. The molecule has 3 rings (SSSR count). The van der Waals surface area contributed by atoms with Crippen LogP contribution < -0.4 is 5.32 Å². The highest BCUT2D eigenvalue weighted by Crippen LogP contribution is 2.13. The maximum absolute atomic E-state index is 13.2. The Bertz CT molecular complexity index is 1030. The molecule has 1 unspecified atom stereocenters. The van der Waals surface area contributed by atoms with Crippen LogP contribution in [0, 0.1) is 0 Å². The van der Waals surface area contributed by atoms with E-state index in [1.54, 1.807) is 18.2 Å². The fourth-order valence-electron chi connectivity index (χ4n) is 3.08. The van der Waals surface area contributed by atoms with Crippen molar-refractivity contribution in [2.45, 2.75) is 19.1 Å². The van der Waals surface area contributed by atoms with Gasteiger partial charge in [0, 0.05) is 12.0 Å². The monoisotopic (exact) mass is 417 g/mol. The first-order chi connectivity index (χ1) is 15.1. The summed E-state index contributed by atoms with van der Waals surface area (Å²) in [6.07, 6.45) is -0.412. The molecule has 3 aromatic rings. The number of esters is 1. The molecule has 31 heavy (non-hydrogen) atoms. The maximum Gasteiger partial charge on any atom is 0.408 e. The minimum atomic E-state index is -0.862. The molecule has 0 heterocycles. The summed E-state index contributed by atoms with van der Waals surface area (Å²) in [6.45, 7) is 0.0940. The zero-order valence-electron chi connectivity index (χ0n) is 17.1. The second kappa shape index (κ2) is 10.7. The predicted molar refractivity (Wildman–Crippen MR) is 116 cm³/mol. The number of Topliss-reactive ketones (excluding diaryl/α,β-unsaturated/α-hetero) is 1. The van der Waals surface area contributed by atoms with Gasteiger partial charge < -0.3 is 14.8 Å². The molecule has 0 radical (unpaired) electrons. The van der Waals surface area contributed by atoms with Gasteiger partial charge in [-0.25, -0.2) is 9.59 Å². The van der Waals surface area contributed by atoms with Crippen molar-refractivity contribution in [2.24, 2.45) is 0 Å². The van der Waals surface area contributed by atoms with Crippen molar-refractivity contribution in [2.75, 3.05) is 7.11 Å². The van der Waals surface area contributed by atoms with E-state index >= 15 is 0 Å². The van der Waals surface area contributed by atoms with Crippen LogP contribution in [0.15, 0.2) is 84.9 Å². The highest BCUT2D eigenvalue weighted by molar-refractivity contribution is 6.03. The number of benzene rings is 3. The predicted octanol–water partition coefficient (Wildman–Crippen LogP) is 4.19. The zero-order valence-corrected chi connectivity index (χ0v) is 17.1. The third-order valence-corrected chi connectivity index (χ3v) is 4.67. The molecule has 0 bridgehead atoms. The van der Waals surface area contributed by atoms with Crippen molar-refractivity contribution < 1.29 is 23.9 Å². The van der Waals surface area contributed by atoms with E-state index in [-0.39, 0.29) is 24.4 Å². The van der Waals surface area contributed by atoms with Crippen molar-refractivity contribution in [3.63, 3.8) is 0 Å². The van der Waals surface area contributed by atoms with Gasteiger partial charge in [-0.3, -0.25) is 4.79 Å². The third kappa shape index (κ3) is 6.27. The number of hydrogen-bond acceptors (Lipinski definition) is 5. The number of carbonyl (C=O) groups is 3. The normalized spacial score (nSPS) is 11.3. The lowest BCUT2D eigenvalue weighted by Gasteiger charge is -2.18. The number of amides is 1. The summed E-state index contributed by atoms with van der Waals surface area (Å²) < 4.78 is 10.0. The topological polar surface area (TPSA) is 81.7 Å². The molecule has 6 nitrogen and oxygen atoms in total. The second-order valence-electron chi connectivity index (χ2n) is 6.89. The molecular weight excluding hydrogens is 394 g/mol. The number of alkyl carbamates (subject to hydrolysis) is 1. The smallest absolute Gasteiger partial charge is 0.408 e.